The van der Waals surface area contributed by atoms with E-state index in [9.17, 15) is 13.6 Å². The number of rotatable bonds is 4. The van der Waals surface area contributed by atoms with Gasteiger partial charge < -0.3 is 20.1 Å². The number of nitrogens with zero attached hydrogens (tertiary/aromatic N) is 2. The van der Waals surface area contributed by atoms with Crippen LogP contribution in [0.2, 0.25) is 0 Å². The standard InChI is InChI=1S/C12H15BF2N3O2/c1-20-11-10(16)4-8(5-17-11)9-6-18(13-7-19)3-2-12(9,14)15/h4-5,7,9H,2-3,6,16H2,1H3. The number of hydrogen-bond acceptors (Lipinski definition) is 5. The lowest BCUT2D eigenvalue weighted by Crippen LogP contribution is -2.47. The molecular formula is C12H15BF2N3O2. The number of aromatic nitrogens is 1. The zero-order valence-corrected chi connectivity index (χ0v) is 11.1. The molecule has 8 heteroatoms. The lowest BCUT2D eigenvalue weighted by molar-refractivity contribution is -0.0624. The van der Waals surface area contributed by atoms with Crippen molar-refractivity contribution in [3.8, 4) is 5.88 Å². The zero-order chi connectivity index (χ0) is 14.8. The Balaban J connectivity index is 2.27. The van der Waals surface area contributed by atoms with Crippen LogP contribution in [0.25, 0.3) is 0 Å². The number of ether oxygens (including phenoxy) is 1. The number of hydrogen-bond donors (Lipinski definition) is 1. The van der Waals surface area contributed by atoms with Gasteiger partial charge in [-0.15, -0.1) is 0 Å². The SMILES string of the molecule is COc1ncc(C2CN([B]C=O)CCC2(F)F)cc1N. The van der Waals surface area contributed by atoms with Gasteiger partial charge in [0.2, 0.25) is 5.88 Å². The predicted molar refractivity (Wildman–Crippen MR) is 71.6 cm³/mol. The van der Waals surface area contributed by atoms with E-state index in [1.165, 1.54) is 26.8 Å². The fraction of sp³-hybridized carbons (Fsp3) is 0.500. The van der Waals surface area contributed by atoms with Crippen molar-refractivity contribution in [1.29, 1.82) is 0 Å². The van der Waals surface area contributed by atoms with Crippen LogP contribution in [0.4, 0.5) is 14.5 Å². The number of piperidine rings is 1. The van der Waals surface area contributed by atoms with Crippen LogP contribution in [-0.4, -0.2) is 49.5 Å². The first-order chi connectivity index (χ1) is 9.47. The molecule has 20 heavy (non-hydrogen) atoms. The van der Waals surface area contributed by atoms with Crippen LogP contribution in [0.5, 0.6) is 5.88 Å². The number of pyridine rings is 1. The Morgan fingerprint density at radius 3 is 3.00 bits per heavy atom. The van der Waals surface area contributed by atoms with Gasteiger partial charge in [-0.1, -0.05) is 0 Å². The molecule has 0 aromatic carbocycles. The largest absolute Gasteiger partial charge is 0.480 e. The molecule has 1 aromatic heterocycles. The Bertz CT molecular complexity index is 502. The predicted octanol–water partition coefficient (Wildman–Crippen LogP) is 0.906. The Morgan fingerprint density at radius 2 is 2.40 bits per heavy atom. The Hall–Kier alpha value is -1.70. The van der Waals surface area contributed by atoms with Crippen molar-refractivity contribution >= 4 is 19.3 Å². The quantitative estimate of drug-likeness (QED) is 0.656. The van der Waals surface area contributed by atoms with Gasteiger partial charge in [-0.2, -0.15) is 0 Å². The lowest BCUT2D eigenvalue weighted by Gasteiger charge is -2.37. The van der Waals surface area contributed by atoms with E-state index in [2.05, 4.69) is 4.98 Å². The summed E-state index contributed by atoms with van der Waals surface area (Å²) in [6, 6.07) is 1.45. The van der Waals surface area contributed by atoms with Crippen molar-refractivity contribution in [2.24, 2.45) is 0 Å². The maximum absolute atomic E-state index is 14.1. The van der Waals surface area contributed by atoms with Gasteiger partial charge in [0.1, 0.15) is 0 Å². The average Bonchev–Trinajstić information content (AvgIpc) is 2.41. The van der Waals surface area contributed by atoms with E-state index in [-0.39, 0.29) is 31.1 Å². The molecule has 1 unspecified atom stereocenters. The van der Waals surface area contributed by atoms with Crippen LogP contribution in [0.15, 0.2) is 12.3 Å². The summed E-state index contributed by atoms with van der Waals surface area (Å²) in [6.07, 6.45) is 1.63. The van der Waals surface area contributed by atoms with Crippen molar-refractivity contribution in [1.82, 2.24) is 9.79 Å². The second-order valence-electron chi connectivity index (χ2n) is 4.71. The van der Waals surface area contributed by atoms with Gasteiger partial charge in [-0.3, -0.25) is 0 Å². The van der Waals surface area contributed by atoms with Gasteiger partial charge in [0.25, 0.3) is 13.3 Å². The third kappa shape index (κ3) is 2.90. The highest BCUT2D eigenvalue weighted by molar-refractivity contribution is 6.64. The summed E-state index contributed by atoms with van der Waals surface area (Å²) in [4.78, 5) is 16.0. The van der Waals surface area contributed by atoms with Gasteiger partial charge in [0, 0.05) is 12.6 Å². The fourth-order valence-corrected chi connectivity index (χ4v) is 2.34. The number of alkyl halides is 2. The third-order valence-electron chi connectivity index (χ3n) is 3.43. The highest BCUT2D eigenvalue weighted by Crippen LogP contribution is 2.40. The minimum atomic E-state index is -2.85. The molecule has 107 valence electrons. The maximum Gasteiger partial charge on any atom is 0.293 e. The van der Waals surface area contributed by atoms with Crippen molar-refractivity contribution < 1.29 is 18.3 Å². The first kappa shape index (κ1) is 14.7. The topological polar surface area (TPSA) is 68.5 Å². The van der Waals surface area contributed by atoms with Gasteiger partial charge in [-0.05, 0) is 24.7 Å². The molecule has 1 fully saturated rings. The van der Waals surface area contributed by atoms with E-state index in [1.54, 1.807) is 4.81 Å². The number of carbonyl (C=O) groups is 1. The van der Waals surface area contributed by atoms with E-state index in [1.807, 2.05) is 0 Å². The summed E-state index contributed by atoms with van der Waals surface area (Å²) in [6.45, 7) is 0.209. The molecule has 1 saturated heterocycles. The molecule has 1 aromatic rings. The normalized spacial score (nSPS) is 22.2. The maximum atomic E-state index is 14.1. The summed E-state index contributed by atoms with van der Waals surface area (Å²) in [5.74, 6) is -3.69. The molecule has 0 spiro atoms. The van der Waals surface area contributed by atoms with E-state index in [0.717, 1.165) is 0 Å². The Labute approximate surface area is 116 Å². The molecule has 1 atom stereocenters. The Kier molecular flexibility index (Phi) is 4.22. The van der Waals surface area contributed by atoms with Gasteiger partial charge >= 0.3 is 0 Å². The van der Waals surface area contributed by atoms with E-state index >= 15 is 0 Å². The molecular weight excluding hydrogens is 267 g/mol. The molecule has 0 amide bonds. The molecule has 0 aliphatic carbocycles. The van der Waals surface area contributed by atoms with Crippen molar-refractivity contribution in [2.45, 2.75) is 18.3 Å². The Morgan fingerprint density at radius 1 is 1.65 bits per heavy atom. The molecule has 0 bridgehead atoms. The van der Waals surface area contributed by atoms with Crippen LogP contribution >= 0.6 is 0 Å². The van der Waals surface area contributed by atoms with E-state index in [0.29, 0.717) is 11.7 Å². The first-order valence-corrected chi connectivity index (χ1v) is 6.18. The molecule has 2 rings (SSSR count). The van der Waals surface area contributed by atoms with Crippen molar-refractivity contribution in [3.63, 3.8) is 0 Å². The smallest absolute Gasteiger partial charge is 0.293 e. The van der Waals surface area contributed by atoms with Gasteiger partial charge in [-0.25, -0.2) is 13.8 Å². The average molecular weight is 282 g/mol. The van der Waals surface area contributed by atoms with Crippen LogP contribution in [0, 0.1) is 0 Å². The monoisotopic (exact) mass is 282 g/mol. The molecule has 1 aliphatic rings. The van der Waals surface area contributed by atoms with E-state index in [4.69, 9.17) is 10.5 Å². The number of nitrogen functional groups attached to an aromatic ring is 1. The molecule has 2 N–H and O–H groups in total. The van der Waals surface area contributed by atoms with Crippen LogP contribution < -0.4 is 10.5 Å². The second kappa shape index (κ2) is 5.74. The fourth-order valence-electron chi connectivity index (χ4n) is 2.34. The zero-order valence-electron chi connectivity index (χ0n) is 11.1. The van der Waals surface area contributed by atoms with Crippen LogP contribution in [-0.2, 0) is 4.79 Å². The van der Waals surface area contributed by atoms with E-state index < -0.39 is 11.8 Å². The molecule has 5 nitrogen and oxygen atoms in total. The number of methoxy groups -OCH3 is 1. The summed E-state index contributed by atoms with van der Waals surface area (Å²) in [5, 5.41) is 0. The molecule has 1 radical (unpaired) electrons. The lowest BCUT2D eigenvalue weighted by atomic mass is 9.82. The summed E-state index contributed by atoms with van der Waals surface area (Å²) in [7, 11) is 2.69. The summed E-state index contributed by atoms with van der Waals surface area (Å²) in [5.41, 5.74) is 6.27. The second-order valence-corrected chi connectivity index (χ2v) is 4.71. The van der Waals surface area contributed by atoms with Crippen LogP contribution in [0.1, 0.15) is 17.9 Å². The molecule has 0 saturated carbocycles. The van der Waals surface area contributed by atoms with Gasteiger partial charge in [0.15, 0.2) is 0 Å². The first-order valence-electron chi connectivity index (χ1n) is 6.18. The minimum Gasteiger partial charge on any atom is -0.480 e. The highest BCUT2D eigenvalue weighted by Gasteiger charge is 2.44. The minimum absolute atomic E-state index is 0.0548. The number of nitrogens with two attached hydrogens (primary N) is 1. The third-order valence-corrected chi connectivity index (χ3v) is 3.43. The van der Waals surface area contributed by atoms with Crippen molar-refractivity contribution in [2.75, 3.05) is 25.9 Å². The number of carbonyl (C=O) groups excluding carboxylic acids is 1. The summed E-state index contributed by atoms with van der Waals surface area (Å²) < 4.78 is 33.0. The number of anilines is 1. The molecule has 2 heterocycles. The van der Waals surface area contributed by atoms with Gasteiger partial charge in [0.05, 0.1) is 24.9 Å². The summed E-state index contributed by atoms with van der Waals surface area (Å²) >= 11 is 0. The van der Waals surface area contributed by atoms with Crippen molar-refractivity contribution in [3.05, 3.63) is 17.8 Å². The highest BCUT2D eigenvalue weighted by atomic mass is 19.3. The van der Waals surface area contributed by atoms with Crippen LogP contribution in [0.3, 0.4) is 0 Å². The molecule has 1 aliphatic heterocycles. The number of halogens is 2.